The van der Waals surface area contributed by atoms with E-state index in [1.165, 1.54) is 32.1 Å². The molecule has 0 spiro atoms. The van der Waals surface area contributed by atoms with Crippen molar-refractivity contribution in [3.8, 4) is 0 Å². The van der Waals surface area contributed by atoms with Gasteiger partial charge in [-0.25, -0.2) is 0 Å². The lowest BCUT2D eigenvalue weighted by Crippen LogP contribution is -2.49. The monoisotopic (exact) mass is 279 g/mol. The molecule has 1 amide bonds. The standard InChI is InChI=1S/C17H29NO2/c19-16-10-5-8-14(16)15-9-3-4-11-18(15)17(20)12-13-6-1-2-7-13/h13-16,19H,1-12H2. The Kier molecular flexibility index (Phi) is 4.65. The second-order valence-electron chi connectivity index (χ2n) is 7.17. The van der Waals surface area contributed by atoms with Crippen LogP contribution in [0.15, 0.2) is 0 Å². The molecule has 1 heterocycles. The number of hydrogen-bond acceptors (Lipinski definition) is 2. The number of carbonyl (C=O) groups is 1. The van der Waals surface area contributed by atoms with Crippen molar-refractivity contribution >= 4 is 5.91 Å². The van der Waals surface area contributed by atoms with Crippen LogP contribution in [0.2, 0.25) is 0 Å². The largest absolute Gasteiger partial charge is 0.393 e. The van der Waals surface area contributed by atoms with Crippen molar-refractivity contribution in [3.05, 3.63) is 0 Å². The quantitative estimate of drug-likeness (QED) is 0.862. The minimum atomic E-state index is -0.167. The normalized spacial score (nSPS) is 35.6. The first-order valence-electron chi connectivity index (χ1n) is 8.73. The van der Waals surface area contributed by atoms with E-state index in [4.69, 9.17) is 0 Å². The lowest BCUT2D eigenvalue weighted by atomic mass is 9.87. The number of piperidine rings is 1. The molecular formula is C17H29NO2. The molecule has 0 aromatic heterocycles. The first kappa shape index (κ1) is 14.4. The highest BCUT2D eigenvalue weighted by molar-refractivity contribution is 5.77. The fraction of sp³-hybridized carbons (Fsp3) is 0.941. The highest BCUT2D eigenvalue weighted by atomic mass is 16.3. The van der Waals surface area contributed by atoms with Gasteiger partial charge >= 0.3 is 0 Å². The molecule has 1 saturated heterocycles. The van der Waals surface area contributed by atoms with Crippen LogP contribution < -0.4 is 0 Å². The van der Waals surface area contributed by atoms with E-state index < -0.39 is 0 Å². The molecule has 2 aliphatic carbocycles. The van der Waals surface area contributed by atoms with Gasteiger partial charge in [0.25, 0.3) is 0 Å². The summed E-state index contributed by atoms with van der Waals surface area (Å²) in [5.41, 5.74) is 0. The topological polar surface area (TPSA) is 40.5 Å². The number of amides is 1. The minimum absolute atomic E-state index is 0.167. The summed E-state index contributed by atoms with van der Waals surface area (Å²) in [6.45, 7) is 0.930. The molecule has 3 atom stereocenters. The van der Waals surface area contributed by atoms with Gasteiger partial charge in [0.1, 0.15) is 0 Å². The molecule has 0 bridgehead atoms. The molecule has 0 aromatic rings. The number of carbonyl (C=O) groups excluding carboxylic acids is 1. The van der Waals surface area contributed by atoms with E-state index in [9.17, 15) is 9.90 Å². The average Bonchev–Trinajstić information content (AvgIpc) is 3.10. The summed E-state index contributed by atoms with van der Waals surface area (Å²) in [7, 11) is 0. The fourth-order valence-electron chi connectivity index (χ4n) is 4.71. The van der Waals surface area contributed by atoms with E-state index >= 15 is 0 Å². The molecule has 3 unspecified atom stereocenters. The third kappa shape index (κ3) is 3.03. The van der Waals surface area contributed by atoms with Crippen LogP contribution in [-0.4, -0.2) is 34.6 Å². The van der Waals surface area contributed by atoms with Crippen LogP contribution in [0.4, 0.5) is 0 Å². The Morgan fingerprint density at radius 2 is 1.70 bits per heavy atom. The maximum Gasteiger partial charge on any atom is 0.223 e. The van der Waals surface area contributed by atoms with E-state index in [1.807, 2.05) is 0 Å². The van der Waals surface area contributed by atoms with Crippen molar-refractivity contribution in [2.24, 2.45) is 11.8 Å². The van der Waals surface area contributed by atoms with Crippen LogP contribution in [0.1, 0.15) is 70.6 Å². The van der Waals surface area contributed by atoms with Crippen molar-refractivity contribution in [2.45, 2.75) is 82.8 Å². The average molecular weight is 279 g/mol. The second kappa shape index (κ2) is 6.46. The van der Waals surface area contributed by atoms with Gasteiger partial charge in [-0.1, -0.05) is 19.3 Å². The summed E-state index contributed by atoms with van der Waals surface area (Å²) < 4.78 is 0. The number of hydrogen-bond donors (Lipinski definition) is 1. The zero-order chi connectivity index (χ0) is 13.9. The van der Waals surface area contributed by atoms with E-state index in [-0.39, 0.29) is 6.10 Å². The molecular weight excluding hydrogens is 250 g/mol. The van der Waals surface area contributed by atoms with E-state index in [2.05, 4.69) is 4.90 Å². The smallest absolute Gasteiger partial charge is 0.223 e. The number of aliphatic hydroxyl groups excluding tert-OH is 1. The molecule has 3 rings (SSSR count). The van der Waals surface area contributed by atoms with E-state index in [0.29, 0.717) is 23.8 Å². The van der Waals surface area contributed by atoms with Gasteiger partial charge in [0.05, 0.1) is 6.10 Å². The summed E-state index contributed by atoms with van der Waals surface area (Å²) in [6, 6.07) is 0.329. The summed E-state index contributed by atoms with van der Waals surface area (Å²) >= 11 is 0. The molecule has 1 N–H and O–H groups in total. The first-order valence-corrected chi connectivity index (χ1v) is 8.73. The van der Waals surface area contributed by atoms with Crippen LogP contribution in [0.25, 0.3) is 0 Å². The van der Waals surface area contributed by atoms with Gasteiger partial charge in [0.2, 0.25) is 5.91 Å². The van der Waals surface area contributed by atoms with Crippen LogP contribution >= 0.6 is 0 Å². The lowest BCUT2D eigenvalue weighted by Gasteiger charge is -2.41. The SMILES string of the molecule is O=C(CC1CCCC1)N1CCCCC1C1CCCC1O. The molecule has 20 heavy (non-hydrogen) atoms. The van der Waals surface area contributed by atoms with Crippen molar-refractivity contribution < 1.29 is 9.90 Å². The Balaban J connectivity index is 1.63. The molecule has 2 saturated carbocycles. The minimum Gasteiger partial charge on any atom is -0.393 e. The molecule has 3 nitrogen and oxygen atoms in total. The third-order valence-electron chi connectivity index (χ3n) is 5.83. The third-order valence-corrected chi connectivity index (χ3v) is 5.83. The highest BCUT2D eigenvalue weighted by Gasteiger charge is 2.39. The molecule has 0 aromatic carbocycles. The summed E-state index contributed by atoms with van der Waals surface area (Å²) in [4.78, 5) is 14.8. The maximum atomic E-state index is 12.7. The zero-order valence-corrected chi connectivity index (χ0v) is 12.6. The van der Waals surface area contributed by atoms with Crippen molar-refractivity contribution in [2.75, 3.05) is 6.54 Å². The lowest BCUT2D eigenvalue weighted by molar-refractivity contribution is -0.138. The van der Waals surface area contributed by atoms with Crippen LogP contribution in [0.5, 0.6) is 0 Å². The Hall–Kier alpha value is -0.570. The summed E-state index contributed by atoms with van der Waals surface area (Å²) in [5.74, 6) is 1.36. The summed E-state index contributed by atoms with van der Waals surface area (Å²) in [6.07, 6.45) is 12.4. The Bertz CT molecular complexity index is 338. The molecule has 3 heteroatoms. The molecule has 3 aliphatic rings. The van der Waals surface area contributed by atoms with E-state index in [1.54, 1.807) is 0 Å². The van der Waals surface area contributed by atoms with Crippen molar-refractivity contribution in [1.82, 2.24) is 4.90 Å². The number of aliphatic hydroxyl groups is 1. The second-order valence-corrected chi connectivity index (χ2v) is 7.17. The van der Waals surface area contributed by atoms with Crippen molar-refractivity contribution in [1.29, 1.82) is 0 Å². The Labute approximate surface area is 122 Å². The number of likely N-dealkylation sites (tertiary alicyclic amines) is 1. The van der Waals surface area contributed by atoms with Crippen LogP contribution in [0.3, 0.4) is 0 Å². The summed E-state index contributed by atoms with van der Waals surface area (Å²) in [5, 5.41) is 10.2. The number of rotatable bonds is 3. The van der Waals surface area contributed by atoms with Gasteiger partial charge in [0, 0.05) is 24.9 Å². The highest BCUT2D eigenvalue weighted by Crippen LogP contribution is 2.36. The van der Waals surface area contributed by atoms with Crippen LogP contribution in [-0.2, 0) is 4.79 Å². The Morgan fingerprint density at radius 1 is 0.950 bits per heavy atom. The van der Waals surface area contributed by atoms with E-state index in [0.717, 1.165) is 45.1 Å². The fourth-order valence-corrected chi connectivity index (χ4v) is 4.71. The zero-order valence-electron chi connectivity index (χ0n) is 12.6. The van der Waals surface area contributed by atoms with Gasteiger partial charge in [-0.3, -0.25) is 4.79 Å². The van der Waals surface area contributed by atoms with Crippen molar-refractivity contribution in [3.63, 3.8) is 0 Å². The molecule has 3 fully saturated rings. The predicted octanol–water partition coefficient (Wildman–Crippen LogP) is 3.11. The van der Waals surface area contributed by atoms with Gasteiger partial charge in [-0.2, -0.15) is 0 Å². The van der Waals surface area contributed by atoms with Gasteiger partial charge in [0.15, 0.2) is 0 Å². The first-order chi connectivity index (χ1) is 9.75. The molecule has 0 radical (unpaired) electrons. The predicted molar refractivity (Wildman–Crippen MR) is 79.3 cm³/mol. The maximum absolute atomic E-state index is 12.7. The van der Waals surface area contributed by atoms with Gasteiger partial charge < -0.3 is 10.0 Å². The Morgan fingerprint density at radius 3 is 2.40 bits per heavy atom. The molecule has 1 aliphatic heterocycles. The number of nitrogens with zero attached hydrogens (tertiary/aromatic N) is 1. The van der Waals surface area contributed by atoms with Gasteiger partial charge in [-0.15, -0.1) is 0 Å². The molecule has 114 valence electrons. The van der Waals surface area contributed by atoms with Crippen LogP contribution in [0, 0.1) is 11.8 Å². The van der Waals surface area contributed by atoms with Gasteiger partial charge in [-0.05, 0) is 50.9 Å².